The Hall–Kier alpha value is -1.39. The first-order valence-corrected chi connectivity index (χ1v) is 5.82. The maximum absolute atomic E-state index is 13.2. The molecule has 2 aromatic rings. The number of benzene rings is 1. The van der Waals surface area contributed by atoms with Gasteiger partial charge in [-0.2, -0.15) is 0 Å². The Morgan fingerprint density at radius 3 is 2.28 bits per heavy atom. The molecule has 0 saturated carbocycles. The summed E-state index contributed by atoms with van der Waals surface area (Å²) in [6, 6.07) is 5.35. The minimum atomic E-state index is -0.813. The van der Waals surface area contributed by atoms with E-state index in [1.165, 1.54) is 0 Å². The van der Waals surface area contributed by atoms with E-state index in [-0.39, 0.29) is 16.1 Å². The van der Waals surface area contributed by atoms with E-state index in [0.29, 0.717) is 5.56 Å². The topological polar surface area (TPSA) is 35.0 Å². The molecule has 0 spiro atoms. The Kier molecular flexibility index (Phi) is 3.68. The van der Waals surface area contributed by atoms with Crippen molar-refractivity contribution in [1.29, 1.82) is 0 Å². The molecule has 1 aromatic heterocycles. The molecule has 0 unspecified atom stereocenters. The summed E-state index contributed by atoms with van der Waals surface area (Å²) < 4.78 is 18.4. The summed E-state index contributed by atoms with van der Waals surface area (Å²) in [6.07, 6.45) is 0. The van der Waals surface area contributed by atoms with E-state index >= 15 is 0 Å². The highest BCUT2D eigenvalue weighted by atomic mass is 35.5. The van der Waals surface area contributed by atoms with E-state index in [9.17, 15) is 4.39 Å². The van der Waals surface area contributed by atoms with Crippen molar-refractivity contribution in [1.82, 2.24) is 9.97 Å². The fraction of sp³-hybridized carbons (Fsp3) is 0.167. The Morgan fingerprint density at radius 1 is 1.17 bits per heavy atom. The molecule has 1 aromatic carbocycles. The van der Waals surface area contributed by atoms with E-state index in [2.05, 4.69) is 9.97 Å². The largest absolute Gasteiger partial charge is 0.496 e. The zero-order chi connectivity index (χ0) is 13.3. The summed E-state index contributed by atoms with van der Waals surface area (Å²) in [6.45, 7) is 1.88. The smallest absolute Gasteiger partial charge is 0.197 e. The molecule has 1 heterocycles. The highest BCUT2D eigenvalue weighted by Gasteiger charge is 2.13. The Balaban J connectivity index is 2.52. The average molecular weight is 287 g/mol. The first-order valence-electron chi connectivity index (χ1n) is 5.06. The van der Waals surface area contributed by atoms with Gasteiger partial charge in [0.05, 0.1) is 7.11 Å². The first-order chi connectivity index (χ1) is 8.52. The fourth-order valence-electron chi connectivity index (χ4n) is 1.54. The average Bonchev–Trinajstić information content (AvgIpc) is 2.35. The molecule has 0 radical (unpaired) electrons. The van der Waals surface area contributed by atoms with Crippen LogP contribution in [0, 0.1) is 12.7 Å². The lowest BCUT2D eigenvalue weighted by molar-refractivity contribution is 0.412. The molecular formula is C12H9Cl2FN2O. The summed E-state index contributed by atoms with van der Waals surface area (Å²) in [5.74, 6) is 0.211. The SMILES string of the molecule is COc1ccc(-c2nc(Cl)c(F)c(Cl)n2)cc1C. The standard InChI is InChI=1S/C12H9Cl2FN2O/c1-6-5-7(3-4-8(6)18-2)12-16-10(13)9(15)11(14)17-12/h3-5H,1-2H3. The molecule has 0 aliphatic rings. The highest BCUT2D eigenvalue weighted by molar-refractivity contribution is 6.33. The van der Waals surface area contributed by atoms with Crippen molar-refractivity contribution in [2.24, 2.45) is 0 Å². The number of nitrogens with zero attached hydrogens (tertiary/aromatic N) is 2. The molecule has 2 rings (SSSR count). The van der Waals surface area contributed by atoms with Gasteiger partial charge in [-0.25, -0.2) is 14.4 Å². The van der Waals surface area contributed by atoms with Crippen LogP contribution in [0.5, 0.6) is 5.75 Å². The van der Waals surface area contributed by atoms with Gasteiger partial charge < -0.3 is 4.74 Å². The van der Waals surface area contributed by atoms with Gasteiger partial charge in [0.25, 0.3) is 0 Å². The monoisotopic (exact) mass is 286 g/mol. The molecular weight excluding hydrogens is 278 g/mol. The van der Waals surface area contributed by atoms with Gasteiger partial charge in [-0.05, 0) is 30.7 Å². The van der Waals surface area contributed by atoms with Crippen LogP contribution in [0.2, 0.25) is 10.3 Å². The van der Waals surface area contributed by atoms with Crippen LogP contribution in [0.1, 0.15) is 5.56 Å². The van der Waals surface area contributed by atoms with Crippen LogP contribution in [0.3, 0.4) is 0 Å². The molecule has 0 atom stereocenters. The van der Waals surface area contributed by atoms with E-state index in [1.807, 2.05) is 13.0 Å². The van der Waals surface area contributed by atoms with Gasteiger partial charge in [-0.1, -0.05) is 23.2 Å². The van der Waals surface area contributed by atoms with Gasteiger partial charge >= 0.3 is 0 Å². The van der Waals surface area contributed by atoms with Crippen molar-refractivity contribution in [3.8, 4) is 17.1 Å². The van der Waals surface area contributed by atoms with Gasteiger partial charge in [0.2, 0.25) is 0 Å². The first kappa shape index (κ1) is 13.1. The van der Waals surface area contributed by atoms with Crippen LogP contribution in [-0.4, -0.2) is 17.1 Å². The van der Waals surface area contributed by atoms with Gasteiger partial charge in [-0.3, -0.25) is 0 Å². The van der Waals surface area contributed by atoms with Gasteiger partial charge in [-0.15, -0.1) is 0 Å². The molecule has 0 aliphatic carbocycles. The summed E-state index contributed by atoms with van der Waals surface area (Å²) in [7, 11) is 1.59. The van der Waals surface area contributed by atoms with Crippen LogP contribution in [0.25, 0.3) is 11.4 Å². The molecule has 0 bridgehead atoms. The predicted molar refractivity (Wildman–Crippen MR) is 68.7 cm³/mol. The molecule has 0 saturated heterocycles. The third-order valence-electron chi connectivity index (χ3n) is 2.42. The van der Waals surface area contributed by atoms with Crippen molar-refractivity contribution in [2.75, 3.05) is 7.11 Å². The fourth-order valence-corrected chi connectivity index (χ4v) is 1.93. The maximum atomic E-state index is 13.2. The van der Waals surface area contributed by atoms with E-state index in [4.69, 9.17) is 27.9 Å². The van der Waals surface area contributed by atoms with Crippen molar-refractivity contribution < 1.29 is 9.13 Å². The van der Waals surface area contributed by atoms with E-state index in [1.54, 1.807) is 19.2 Å². The van der Waals surface area contributed by atoms with E-state index in [0.717, 1.165) is 11.3 Å². The summed E-state index contributed by atoms with van der Waals surface area (Å²) >= 11 is 11.3. The van der Waals surface area contributed by atoms with Crippen molar-refractivity contribution >= 4 is 23.2 Å². The van der Waals surface area contributed by atoms with Crippen LogP contribution < -0.4 is 4.74 Å². The number of methoxy groups -OCH3 is 1. The summed E-state index contributed by atoms with van der Waals surface area (Å²) in [5, 5.41) is -0.586. The molecule has 94 valence electrons. The second-order valence-corrected chi connectivity index (χ2v) is 4.34. The van der Waals surface area contributed by atoms with Crippen molar-refractivity contribution in [3.63, 3.8) is 0 Å². The number of aryl methyl sites for hydroxylation is 1. The maximum Gasteiger partial charge on any atom is 0.197 e. The molecule has 3 nitrogen and oxygen atoms in total. The minimum Gasteiger partial charge on any atom is -0.496 e. The quantitative estimate of drug-likeness (QED) is 0.785. The van der Waals surface area contributed by atoms with Crippen molar-refractivity contribution in [3.05, 3.63) is 39.9 Å². The lowest BCUT2D eigenvalue weighted by Gasteiger charge is -2.07. The Morgan fingerprint density at radius 2 is 1.78 bits per heavy atom. The molecule has 0 aliphatic heterocycles. The van der Waals surface area contributed by atoms with Crippen molar-refractivity contribution in [2.45, 2.75) is 6.92 Å². The van der Waals surface area contributed by atoms with Gasteiger partial charge in [0.1, 0.15) is 5.75 Å². The van der Waals surface area contributed by atoms with Crippen LogP contribution in [0.15, 0.2) is 18.2 Å². The van der Waals surface area contributed by atoms with Crippen LogP contribution >= 0.6 is 23.2 Å². The molecule has 0 fully saturated rings. The third-order valence-corrected chi connectivity index (χ3v) is 2.92. The predicted octanol–water partition coefficient (Wildman–Crippen LogP) is 3.91. The second kappa shape index (κ2) is 5.08. The number of halogens is 3. The molecule has 6 heteroatoms. The summed E-state index contributed by atoms with van der Waals surface area (Å²) in [5.41, 5.74) is 1.60. The normalized spacial score (nSPS) is 10.5. The highest BCUT2D eigenvalue weighted by Crippen LogP contribution is 2.27. The minimum absolute atomic E-state index is 0.275. The van der Waals surface area contributed by atoms with Crippen LogP contribution in [-0.2, 0) is 0 Å². The summed E-state index contributed by atoms with van der Waals surface area (Å²) in [4.78, 5) is 7.71. The third kappa shape index (κ3) is 2.40. The van der Waals surface area contributed by atoms with Gasteiger partial charge in [0, 0.05) is 5.56 Å². The zero-order valence-electron chi connectivity index (χ0n) is 9.67. The Labute approximate surface area is 114 Å². The molecule has 0 amide bonds. The lowest BCUT2D eigenvalue weighted by atomic mass is 10.1. The Bertz CT molecular complexity index is 582. The number of rotatable bonds is 2. The number of hydrogen-bond acceptors (Lipinski definition) is 3. The zero-order valence-corrected chi connectivity index (χ0v) is 11.2. The number of hydrogen-bond donors (Lipinski definition) is 0. The molecule has 0 N–H and O–H groups in total. The van der Waals surface area contributed by atoms with E-state index < -0.39 is 5.82 Å². The van der Waals surface area contributed by atoms with Gasteiger partial charge in [0.15, 0.2) is 21.9 Å². The number of aromatic nitrogens is 2. The molecule has 18 heavy (non-hydrogen) atoms. The second-order valence-electron chi connectivity index (χ2n) is 3.63. The lowest BCUT2D eigenvalue weighted by Crippen LogP contribution is -1.95. The number of ether oxygens (including phenoxy) is 1. The van der Waals surface area contributed by atoms with Crippen LogP contribution in [0.4, 0.5) is 4.39 Å².